The Morgan fingerprint density at radius 2 is 2.00 bits per heavy atom. The van der Waals surface area contributed by atoms with Gasteiger partial charge >= 0.3 is 0 Å². The first-order valence-corrected chi connectivity index (χ1v) is 8.25. The number of hydrogen-bond acceptors (Lipinski definition) is 2. The van der Waals surface area contributed by atoms with Crippen molar-refractivity contribution < 1.29 is 4.74 Å². The van der Waals surface area contributed by atoms with Gasteiger partial charge in [0.1, 0.15) is 11.5 Å². The lowest BCUT2D eigenvalue weighted by Gasteiger charge is -2.14. The summed E-state index contributed by atoms with van der Waals surface area (Å²) >= 11 is 9.74. The summed E-state index contributed by atoms with van der Waals surface area (Å²) in [5.41, 5.74) is 2.26. The van der Waals surface area contributed by atoms with Crippen molar-refractivity contribution >= 4 is 27.5 Å². The van der Waals surface area contributed by atoms with Gasteiger partial charge in [0.25, 0.3) is 0 Å². The Morgan fingerprint density at radius 1 is 1.19 bits per heavy atom. The van der Waals surface area contributed by atoms with Crippen molar-refractivity contribution in [3.63, 3.8) is 0 Å². The normalized spacial score (nSPS) is 14.2. The van der Waals surface area contributed by atoms with E-state index in [2.05, 4.69) is 27.3 Å². The second kappa shape index (κ2) is 6.39. The molecule has 1 aliphatic carbocycles. The molecule has 0 radical (unpaired) electrons. The molecule has 2 nitrogen and oxygen atoms in total. The van der Waals surface area contributed by atoms with Crippen LogP contribution < -0.4 is 10.1 Å². The van der Waals surface area contributed by atoms with Gasteiger partial charge in [-0.05, 0) is 55.7 Å². The molecule has 0 unspecified atom stereocenters. The predicted octanol–water partition coefficient (Wildman–Crippen LogP) is 5.46. The molecule has 0 saturated heterocycles. The molecular weight excluding hydrogens is 350 g/mol. The summed E-state index contributed by atoms with van der Waals surface area (Å²) in [5.74, 6) is 1.55. The molecule has 0 bridgehead atoms. The SMILES string of the molecule is Cc1ccc(Cl)c(Oc2ccc(Br)cc2CNC2CC2)c1. The van der Waals surface area contributed by atoms with Gasteiger partial charge in [0.2, 0.25) is 0 Å². The molecule has 0 aliphatic heterocycles. The van der Waals surface area contributed by atoms with Crippen molar-refractivity contribution in [3.8, 4) is 11.5 Å². The van der Waals surface area contributed by atoms with E-state index in [-0.39, 0.29) is 0 Å². The molecule has 0 heterocycles. The van der Waals surface area contributed by atoms with Crippen LogP contribution in [0.25, 0.3) is 0 Å². The lowest BCUT2D eigenvalue weighted by molar-refractivity contribution is 0.472. The average molecular weight is 367 g/mol. The summed E-state index contributed by atoms with van der Waals surface area (Å²) in [6, 6.07) is 12.5. The lowest BCUT2D eigenvalue weighted by Crippen LogP contribution is -2.15. The zero-order chi connectivity index (χ0) is 14.8. The molecule has 110 valence electrons. The molecule has 0 spiro atoms. The van der Waals surface area contributed by atoms with E-state index in [0.717, 1.165) is 27.9 Å². The summed E-state index contributed by atoms with van der Waals surface area (Å²) in [6.45, 7) is 2.84. The van der Waals surface area contributed by atoms with E-state index in [4.69, 9.17) is 16.3 Å². The van der Waals surface area contributed by atoms with Gasteiger partial charge in [-0.1, -0.05) is 33.6 Å². The van der Waals surface area contributed by atoms with Crippen LogP contribution in [0.4, 0.5) is 0 Å². The predicted molar refractivity (Wildman–Crippen MR) is 90.3 cm³/mol. The summed E-state index contributed by atoms with van der Waals surface area (Å²) in [7, 11) is 0. The van der Waals surface area contributed by atoms with Crippen molar-refractivity contribution in [3.05, 3.63) is 57.0 Å². The van der Waals surface area contributed by atoms with E-state index in [1.807, 2.05) is 37.3 Å². The van der Waals surface area contributed by atoms with Crippen LogP contribution in [0.2, 0.25) is 5.02 Å². The molecule has 21 heavy (non-hydrogen) atoms. The third kappa shape index (κ3) is 4.00. The smallest absolute Gasteiger partial charge is 0.146 e. The molecule has 2 aromatic carbocycles. The Bertz CT molecular complexity index is 655. The highest BCUT2D eigenvalue weighted by Crippen LogP contribution is 2.33. The fraction of sp³-hybridized carbons (Fsp3) is 0.294. The monoisotopic (exact) mass is 365 g/mol. The summed E-state index contributed by atoms with van der Waals surface area (Å²) < 4.78 is 7.09. The maximum Gasteiger partial charge on any atom is 0.146 e. The molecule has 1 aliphatic rings. The minimum absolute atomic E-state index is 0.629. The summed E-state index contributed by atoms with van der Waals surface area (Å²) in [5, 5.41) is 4.15. The van der Waals surface area contributed by atoms with Crippen molar-refractivity contribution in [2.45, 2.75) is 32.4 Å². The maximum atomic E-state index is 6.22. The first kappa shape index (κ1) is 14.9. The number of ether oxygens (including phenoxy) is 1. The van der Waals surface area contributed by atoms with Crippen LogP contribution in [-0.4, -0.2) is 6.04 Å². The quantitative estimate of drug-likeness (QED) is 0.759. The van der Waals surface area contributed by atoms with Gasteiger partial charge < -0.3 is 10.1 Å². The third-order valence-electron chi connectivity index (χ3n) is 3.49. The van der Waals surface area contributed by atoms with Gasteiger partial charge in [-0.3, -0.25) is 0 Å². The topological polar surface area (TPSA) is 21.3 Å². The first-order chi connectivity index (χ1) is 10.1. The Morgan fingerprint density at radius 3 is 2.76 bits per heavy atom. The Hall–Kier alpha value is -1.03. The molecule has 1 fully saturated rings. The molecule has 4 heteroatoms. The molecule has 1 saturated carbocycles. The summed E-state index contributed by atoms with van der Waals surface area (Å²) in [4.78, 5) is 0. The number of rotatable bonds is 5. The van der Waals surface area contributed by atoms with E-state index < -0.39 is 0 Å². The Kier molecular flexibility index (Phi) is 4.53. The van der Waals surface area contributed by atoms with Crippen molar-refractivity contribution in [2.75, 3.05) is 0 Å². The zero-order valence-electron chi connectivity index (χ0n) is 11.8. The molecular formula is C17H17BrClNO. The molecule has 1 N–H and O–H groups in total. The van der Waals surface area contributed by atoms with E-state index in [9.17, 15) is 0 Å². The van der Waals surface area contributed by atoms with Gasteiger partial charge in [0, 0.05) is 22.6 Å². The van der Waals surface area contributed by atoms with Crippen LogP contribution in [0, 0.1) is 6.92 Å². The Balaban J connectivity index is 1.84. The molecule has 0 amide bonds. The van der Waals surface area contributed by atoms with Crippen LogP contribution >= 0.6 is 27.5 Å². The fourth-order valence-electron chi connectivity index (χ4n) is 2.13. The van der Waals surface area contributed by atoms with Gasteiger partial charge in [-0.15, -0.1) is 0 Å². The van der Waals surface area contributed by atoms with E-state index in [1.165, 1.54) is 12.8 Å². The molecule has 0 atom stereocenters. The number of aryl methyl sites for hydroxylation is 1. The van der Waals surface area contributed by atoms with E-state index in [0.29, 0.717) is 16.8 Å². The van der Waals surface area contributed by atoms with Crippen molar-refractivity contribution in [2.24, 2.45) is 0 Å². The molecule has 0 aromatic heterocycles. The number of hydrogen-bond donors (Lipinski definition) is 1. The first-order valence-electron chi connectivity index (χ1n) is 7.07. The highest BCUT2D eigenvalue weighted by atomic mass is 79.9. The van der Waals surface area contributed by atoms with E-state index in [1.54, 1.807) is 0 Å². The minimum atomic E-state index is 0.629. The number of benzene rings is 2. The van der Waals surface area contributed by atoms with Gasteiger partial charge in [0.15, 0.2) is 0 Å². The van der Waals surface area contributed by atoms with Gasteiger partial charge in [0.05, 0.1) is 5.02 Å². The van der Waals surface area contributed by atoms with Gasteiger partial charge in [-0.2, -0.15) is 0 Å². The standard InChI is InChI=1S/C17H17BrClNO/c1-11-2-6-15(19)17(8-11)21-16-7-3-13(18)9-12(16)10-20-14-4-5-14/h2-3,6-9,14,20H,4-5,10H2,1H3. The summed E-state index contributed by atoms with van der Waals surface area (Å²) in [6.07, 6.45) is 2.54. The van der Waals surface area contributed by atoms with Crippen LogP contribution in [0.15, 0.2) is 40.9 Å². The van der Waals surface area contributed by atoms with Crippen LogP contribution in [-0.2, 0) is 6.54 Å². The zero-order valence-corrected chi connectivity index (χ0v) is 14.2. The highest BCUT2D eigenvalue weighted by Gasteiger charge is 2.21. The van der Waals surface area contributed by atoms with Crippen molar-refractivity contribution in [1.29, 1.82) is 0 Å². The molecule has 3 rings (SSSR count). The van der Waals surface area contributed by atoms with Gasteiger partial charge in [-0.25, -0.2) is 0 Å². The lowest BCUT2D eigenvalue weighted by atomic mass is 10.2. The van der Waals surface area contributed by atoms with E-state index >= 15 is 0 Å². The number of nitrogens with one attached hydrogen (secondary N) is 1. The van der Waals surface area contributed by atoms with Crippen LogP contribution in [0.1, 0.15) is 24.0 Å². The average Bonchev–Trinajstić information content (AvgIpc) is 3.27. The largest absolute Gasteiger partial charge is 0.455 e. The molecule has 2 aromatic rings. The second-order valence-electron chi connectivity index (χ2n) is 5.44. The van der Waals surface area contributed by atoms with Crippen molar-refractivity contribution in [1.82, 2.24) is 5.32 Å². The maximum absolute atomic E-state index is 6.22. The number of halogens is 2. The van der Waals surface area contributed by atoms with Crippen LogP contribution in [0.3, 0.4) is 0 Å². The Labute approximate surface area is 138 Å². The second-order valence-corrected chi connectivity index (χ2v) is 6.77. The van der Waals surface area contributed by atoms with Crippen LogP contribution in [0.5, 0.6) is 11.5 Å². The minimum Gasteiger partial charge on any atom is -0.455 e. The highest BCUT2D eigenvalue weighted by molar-refractivity contribution is 9.10. The fourth-order valence-corrected chi connectivity index (χ4v) is 2.70. The third-order valence-corrected chi connectivity index (χ3v) is 4.29.